The highest BCUT2D eigenvalue weighted by atomic mass is 16.6. The van der Waals surface area contributed by atoms with Crippen LogP contribution < -0.4 is 0 Å². The molecular weight excluding hydrogens is 230 g/mol. The van der Waals surface area contributed by atoms with Crippen LogP contribution in [0.15, 0.2) is 12.3 Å². The monoisotopic (exact) mass is 241 g/mol. The molecule has 8 heteroatoms. The van der Waals surface area contributed by atoms with E-state index in [2.05, 4.69) is 0 Å². The lowest BCUT2D eigenvalue weighted by molar-refractivity contribution is -0.384. The number of hydrogen-bond acceptors (Lipinski definition) is 4. The Hall–Kier alpha value is -2.38. The van der Waals surface area contributed by atoms with Gasteiger partial charge in [0.25, 0.3) is 5.69 Å². The first kappa shape index (κ1) is 12.7. The van der Waals surface area contributed by atoms with Crippen LogP contribution in [-0.2, 0) is 11.3 Å². The summed E-state index contributed by atoms with van der Waals surface area (Å²) in [6, 6.07) is 0.922. The van der Waals surface area contributed by atoms with Crippen molar-refractivity contribution in [3.8, 4) is 0 Å². The van der Waals surface area contributed by atoms with Gasteiger partial charge in [0.05, 0.1) is 11.1 Å². The van der Waals surface area contributed by atoms with Gasteiger partial charge in [-0.3, -0.25) is 14.9 Å². The largest absolute Gasteiger partial charge is 0.477 e. The Bertz CT molecular complexity index is 477. The summed E-state index contributed by atoms with van der Waals surface area (Å²) in [4.78, 5) is 33.3. The molecule has 1 aromatic heterocycles. The lowest BCUT2D eigenvalue weighted by Gasteiger charge is -2.11. The number of nitrogens with zero attached hydrogens (tertiary/aromatic N) is 3. The van der Waals surface area contributed by atoms with Gasteiger partial charge in [-0.25, -0.2) is 4.79 Å². The van der Waals surface area contributed by atoms with Gasteiger partial charge in [0.1, 0.15) is 12.2 Å². The van der Waals surface area contributed by atoms with Crippen LogP contribution in [0.3, 0.4) is 0 Å². The van der Waals surface area contributed by atoms with E-state index in [-0.39, 0.29) is 23.8 Å². The molecule has 1 heterocycles. The van der Waals surface area contributed by atoms with Crippen LogP contribution in [0.4, 0.5) is 5.69 Å². The fraction of sp³-hybridized carbons (Fsp3) is 0.333. The molecule has 0 radical (unpaired) electrons. The minimum absolute atomic E-state index is 0.248. The highest BCUT2D eigenvalue weighted by Crippen LogP contribution is 2.16. The van der Waals surface area contributed by atoms with Crippen molar-refractivity contribution in [2.24, 2.45) is 0 Å². The summed E-state index contributed by atoms with van der Waals surface area (Å²) in [5.74, 6) is -1.66. The molecule has 0 aliphatic heterocycles. The number of hydrogen-bond donors (Lipinski definition) is 1. The second-order valence-electron chi connectivity index (χ2n) is 3.56. The Kier molecular flexibility index (Phi) is 3.46. The number of amides is 1. The molecule has 0 bridgehead atoms. The minimum Gasteiger partial charge on any atom is -0.477 e. The normalized spacial score (nSPS) is 10.0. The number of nitro groups is 1. The zero-order chi connectivity index (χ0) is 13.2. The predicted octanol–water partition coefficient (Wildman–Crippen LogP) is 0.183. The molecule has 1 aromatic rings. The minimum atomic E-state index is -1.32. The number of aromatic carboxylic acids is 1. The molecule has 0 unspecified atom stereocenters. The third kappa shape index (κ3) is 2.80. The van der Waals surface area contributed by atoms with Crippen LogP contribution in [0.1, 0.15) is 10.5 Å². The van der Waals surface area contributed by atoms with Crippen molar-refractivity contribution in [3.05, 3.63) is 28.1 Å². The van der Waals surface area contributed by atoms with Crippen molar-refractivity contribution in [2.75, 3.05) is 14.1 Å². The SMILES string of the molecule is CN(C)C(=O)Cn1cc([N+](=O)[O-])cc1C(=O)O. The number of carbonyl (C=O) groups is 2. The molecule has 1 amide bonds. The molecule has 1 rings (SSSR count). The van der Waals surface area contributed by atoms with Gasteiger partial charge in [-0.1, -0.05) is 0 Å². The first-order chi connectivity index (χ1) is 7.82. The molecule has 0 saturated heterocycles. The van der Waals surface area contributed by atoms with E-state index in [4.69, 9.17) is 5.11 Å². The molecule has 0 saturated carbocycles. The van der Waals surface area contributed by atoms with Gasteiger partial charge in [0.2, 0.25) is 5.91 Å². The maximum Gasteiger partial charge on any atom is 0.352 e. The van der Waals surface area contributed by atoms with Gasteiger partial charge in [0.15, 0.2) is 0 Å². The summed E-state index contributed by atoms with van der Waals surface area (Å²) in [5.41, 5.74) is -0.638. The summed E-state index contributed by atoms with van der Waals surface area (Å²) in [7, 11) is 3.03. The van der Waals surface area contributed by atoms with Crippen molar-refractivity contribution in [1.29, 1.82) is 0 Å². The van der Waals surface area contributed by atoms with E-state index in [1.807, 2.05) is 0 Å². The number of rotatable bonds is 4. The highest BCUT2D eigenvalue weighted by Gasteiger charge is 2.20. The van der Waals surface area contributed by atoms with Crippen molar-refractivity contribution >= 4 is 17.6 Å². The standard InChI is InChI=1S/C9H11N3O5/c1-10(2)8(13)5-11-4-6(12(16)17)3-7(11)9(14)15/h3-4H,5H2,1-2H3,(H,14,15). The topological polar surface area (TPSA) is 106 Å². The van der Waals surface area contributed by atoms with Crippen molar-refractivity contribution in [3.63, 3.8) is 0 Å². The summed E-state index contributed by atoms with van der Waals surface area (Å²) in [6.07, 6.45) is 1.03. The first-order valence-corrected chi connectivity index (χ1v) is 4.61. The van der Waals surface area contributed by atoms with Gasteiger partial charge in [-0.2, -0.15) is 0 Å². The number of aromatic nitrogens is 1. The zero-order valence-electron chi connectivity index (χ0n) is 9.28. The highest BCUT2D eigenvalue weighted by molar-refractivity contribution is 5.88. The molecule has 0 atom stereocenters. The molecular formula is C9H11N3O5. The predicted molar refractivity (Wildman–Crippen MR) is 56.7 cm³/mol. The molecule has 8 nitrogen and oxygen atoms in total. The van der Waals surface area contributed by atoms with Gasteiger partial charge >= 0.3 is 5.97 Å². The van der Waals surface area contributed by atoms with E-state index in [1.54, 1.807) is 0 Å². The quantitative estimate of drug-likeness (QED) is 0.598. The van der Waals surface area contributed by atoms with Crippen LogP contribution in [0, 0.1) is 10.1 Å². The van der Waals surface area contributed by atoms with Crippen molar-refractivity contribution in [2.45, 2.75) is 6.54 Å². The van der Waals surface area contributed by atoms with Gasteiger partial charge < -0.3 is 14.6 Å². The lowest BCUT2D eigenvalue weighted by atomic mass is 10.4. The number of carboxylic acid groups (broad SMARTS) is 1. The van der Waals surface area contributed by atoms with Crippen LogP contribution in [0.25, 0.3) is 0 Å². The van der Waals surface area contributed by atoms with Crippen LogP contribution >= 0.6 is 0 Å². The van der Waals surface area contributed by atoms with Crippen LogP contribution in [0.2, 0.25) is 0 Å². The molecule has 0 spiro atoms. The molecule has 92 valence electrons. The van der Waals surface area contributed by atoms with Gasteiger partial charge in [-0.15, -0.1) is 0 Å². The van der Waals surface area contributed by atoms with E-state index in [1.165, 1.54) is 19.0 Å². The summed E-state index contributed by atoms with van der Waals surface area (Å²) in [6.45, 7) is -0.248. The summed E-state index contributed by atoms with van der Waals surface area (Å²) in [5, 5.41) is 19.4. The van der Waals surface area contributed by atoms with E-state index >= 15 is 0 Å². The van der Waals surface area contributed by atoms with E-state index in [0.717, 1.165) is 16.8 Å². The van der Waals surface area contributed by atoms with E-state index in [9.17, 15) is 19.7 Å². The fourth-order valence-electron chi connectivity index (χ4n) is 1.19. The summed E-state index contributed by atoms with van der Waals surface area (Å²) >= 11 is 0. The Morgan fingerprint density at radius 2 is 2.12 bits per heavy atom. The molecule has 0 aliphatic carbocycles. The Morgan fingerprint density at radius 1 is 1.53 bits per heavy atom. The second-order valence-corrected chi connectivity index (χ2v) is 3.56. The molecule has 17 heavy (non-hydrogen) atoms. The van der Waals surface area contributed by atoms with Gasteiger partial charge in [0, 0.05) is 20.2 Å². The van der Waals surface area contributed by atoms with Crippen LogP contribution in [-0.4, -0.2) is 45.5 Å². The summed E-state index contributed by atoms with van der Waals surface area (Å²) < 4.78 is 1.04. The second kappa shape index (κ2) is 4.64. The molecule has 1 N–H and O–H groups in total. The van der Waals surface area contributed by atoms with E-state index < -0.39 is 10.9 Å². The number of carbonyl (C=O) groups excluding carboxylic acids is 1. The van der Waals surface area contributed by atoms with Crippen molar-refractivity contribution in [1.82, 2.24) is 9.47 Å². The number of likely N-dealkylation sites (N-methyl/N-ethyl adjacent to an activating group) is 1. The molecule has 0 fully saturated rings. The average Bonchev–Trinajstić information content (AvgIpc) is 2.61. The smallest absolute Gasteiger partial charge is 0.352 e. The Morgan fingerprint density at radius 3 is 2.53 bits per heavy atom. The maximum atomic E-state index is 11.4. The van der Waals surface area contributed by atoms with Crippen molar-refractivity contribution < 1.29 is 19.6 Å². The number of carboxylic acids is 1. The van der Waals surface area contributed by atoms with E-state index in [0.29, 0.717) is 0 Å². The Balaban J connectivity index is 3.09. The molecule has 0 aliphatic rings. The average molecular weight is 241 g/mol. The third-order valence-electron chi connectivity index (χ3n) is 2.12. The molecule has 0 aromatic carbocycles. The fourth-order valence-corrected chi connectivity index (χ4v) is 1.19. The lowest BCUT2D eigenvalue weighted by Crippen LogP contribution is -2.27. The Labute approximate surface area is 96.2 Å². The van der Waals surface area contributed by atoms with Crippen LogP contribution in [0.5, 0.6) is 0 Å². The first-order valence-electron chi connectivity index (χ1n) is 4.61. The zero-order valence-corrected chi connectivity index (χ0v) is 9.28. The van der Waals surface area contributed by atoms with Gasteiger partial charge in [-0.05, 0) is 0 Å². The third-order valence-corrected chi connectivity index (χ3v) is 2.12. The maximum absolute atomic E-state index is 11.4.